The largest absolute Gasteiger partial charge is 0.417 e. The van der Waals surface area contributed by atoms with Crippen LogP contribution in [0.1, 0.15) is 22.8 Å². The number of alkyl halides is 4. The van der Waals surface area contributed by atoms with Crippen molar-refractivity contribution in [3.8, 4) is 0 Å². The van der Waals surface area contributed by atoms with Crippen LogP contribution in [0.25, 0.3) is 0 Å². The van der Waals surface area contributed by atoms with Crippen molar-refractivity contribution >= 4 is 44.3 Å². The fraction of sp³-hybridized carbons (Fsp3) is 0.300. The lowest BCUT2D eigenvalue weighted by molar-refractivity contribution is -0.138. The van der Waals surface area contributed by atoms with Gasteiger partial charge in [-0.3, -0.25) is 4.79 Å². The molecule has 1 aromatic carbocycles. The monoisotopic (exact) mass is 406 g/mol. The van der Waals surface area contributed by atoms with Crippen LogP contribution in [0.4, 0.5) is 13.2 Å². The zero-order valence-corrected chi connectivity index (χ0v) is 11.9. The van der Waals surface area contributed by atoms with Crippen molar-refractivity contribution in [3.63, 3.8) is 0 Å². The fourth-order valence-corrected chi connectivity index (χ4v) is 2.33. The van der Waals surface area contributed by atoms with Crippen molar-refractivity contribution in [2.75, 3.05) is 0 Å². The third-order valence-electron chi connectivity index (χ3n) is 1.93. The molecule has 1 aromatic rings. The molecule has 0 aliphatic carbocycles. The minimum atomic E-state index is -4.43. The smallest absolute Gasteiger partial charge is 0.293 e. The summed E-state index contributed by atoms with van der Waals surface area (Å²) in [7, 11) is 0. The molecule has 0 aliphatic heterocycles. The van der Waals surface area contributed by atoms with E-state index in [4.69, 9.17) is 0 Å². The van der Waals surface area contributed by atoms with Gasteiger partial charge in [-0.05, 0) is 35.6 Å². The molecule has 1 rings (SSSR count). The highest BCUT2D eigenvalue weighted by molar-refractivity contribution is 14.1. The molecule has 0 saturated carbocycles. The maximum Gasteiger partial charge on any atom is 0.417 e. The maximum atomic E-state index is 12.6. The highest BCUT2D eigenvalue weighted by Gasteiger charge is 2.34. The first-order valence-electron chi connectivity index (χ1n) is 4.29. The second kappa shape index (κ2) is 5.03. The second-order valence-corrected chi connectivity index (χ2v) is 5.60. The van der Waals surface area contributed by atoms with Gasteiger partial charge in [-0.1, -0.05) is 28.1 Å². The van der Waals surface area contributed by atoms with Gasteiger partial charge in [0.05, 0.1) is 10.4 Å². The van der Waals surface area contributed by atoms with Gasteiger partial charge in [0.25, 0.3) is 0 Å². The molecule has 0 heterocycles. The van der Waals surface area contributed by atoms with E-state index in [1.807, 2.05) is 0 Å². The molecule has 0 spiro atoms. The van der Waals surface area contributed by atoms with Crippen LogP contribution in [-0.4, -0.2) is 10.6 Å². The van der Waals surface area contributed by atoms with E-state index in [0.717, 1.165) is 6.07 Å². The van der Waals surface area contributed by atoms with Crippen molar-refractivity contribution in [1.29, 1.82) is 0 Å². The second-order valence-electron chi connectivity index (χ2n) is 3.15. The van der Waals surface area contributed by atoms with Crippen molar-refractivity contribution in [2.45, 2.75) is 17.9 Å². The van der Waals surface area contributed by atoms with E-state index in [2.05, 4.69) is 15.9 Å². The molecule has 0 bridgehead atoms. The predicted molar refractivity (Wildman–Crippen MR) is 66.9 cm³/mol. The average Bonchev–Trinajstić information content (AvgIpc) is 2.15. The number of ketones is 1. The number of hydrogen-bond donors (Lipinski definition) is 0. The SMILES string of the molecule is CC(Br)C(=O)c1cccc(C(F)(F)F)c1I. The van der Waals surface area contributed by atoms with E-state index >= 15 is 0 Å². The molecule has 16 heavy (non-hydrogen) atoms. The Bertz CT molecular complexity index is 415. The minimum absolute atomic E-state index is 0.0519. The molecule has 0 saturated heterocycles. The number of benzene rings is 1. The standard InChI is InChI=1S/C10H7BrF3IO/c1-5(11)9(16)6-3-2-4-7(8(6)15)10(12,13)14/h2-5H,1H3. The van der Waals surface area contributed by atoms with Gasteiger partial charge in [0.15, 0.2) is 5.78 Å². The molecular formula is C10H7BrF3IO. The predicted octanol–water partition coefficient (Wildman–Crippen LogP) is 4.28. The van der Waals surface area contributed by atoms with Crippen LogP contribution < -0.4 is 0 Å². The van der Waals surface area contributed by atoms with Gasteiger partial charge in [-0.25, -0.2) is 0 Å². The van der Waals surface area contributed by atoms with E-state index in [1.165, 1.54) is 12.1 Å². The van der Waals surface area contributed by atoms with Gasteiger partial charge in [0, 0.05) is 9.13 Å². The van der Waals surface area contributed by atoms with E-state index in [9.17, 15) is 18.0 Å². The molecule has 88 valence electrons. The number of carbonyl (C=O) groups is 1. The summed E-state index contributed by atoms with van der Waals surface area (Å²) in [5.41, 5.74) is -0.674. The van der Waals surface area contributed by atoms with Crippen molar-refractivity contribution < 1.29 is 18.0 Å². The van der Waals surface area contributed by atoms with E-state index in [-0.39, 0.29) is 14.9 Å². The third-order valence-corrected chi connectivity index (χ3v) is 3.51. The summed E-state index contributed by atoms with van der Waals surface area (Å²) in [6.45, 7) is 1.58. The molecule has 0 aromatic heterocycles. The quantitative estimate of drug-likeness (QED) is 0.407. The number of rotatable bonds is 2. The Morgan fingerprint density at radius 3 is 2.44 bits per heavy atom. The van der Waals surface area contributed by atoms with Crippen LogP contribution in [0.15, 0.2) is 18.2 Å². The Balaban J connectivity index is 3.30. The van der Waals surface area contributed by atoms with Gasteiger partial charge in [-0.15, -0.1) is 0 Å². The highest BCUT2D eigenvalue weighted by Crippen LogP contribution is 2.34. The van der Waals surface area contributed by atoms with Crippen LogP contribution >= 0.6 is 38.5 Å². The van der Waals surface area contributed by atoms with E-state index in [0.29, 0.717) is 0 Å². The molecule has 0 amide bonds. The van der Waals surface area contributed by atoms with Gasteiger partial charge in [0.1, 0.15) is 0 Å². The maximum absolute atomic E-state index is 12.6. The van der Waals surface area contributed by atoms with E-state index in [1.54, 1.807) is 29.5 Å². The van der Waals surface area contributed by atoms with Crippen molar-refractivity contribution in [1.82, 2.24) is 0 Å². The molecule has 1 atom stereocenters. The number of halogens is 5. The summed E-state index contributed by atoms with van der Waals surface area (Å²) in [5.74, 6) is -0.351. The lowest BCUT2D eigenvalue weighted by Gasteiger charge is -2.12. The van der Waals surface area contributed by atoms with Crippen LogP contribution in [0.5, 0.6) is 0 Å². The lowest BCUT2D eigenvalue weighted by Crippen LogP contribution is -2.15. The van der Waals surface area contributed by atoms with Gasteiger partial charge < -0.3 is 0 Å². The van der Waals surface area contributed by atoms with Gasteiger partial charge >= 0.3 is 6.18 Å². The van der Waals surface area contributed by atoms with Gasteiger partial charge in [-0.2, -0.15) is 13.2 Å². The summed E-state index contributed by atoms with van der Waals surface area (Å²) in [4.78, 5) is 11.1. The summed E-state index contributed by atoms with van der Waals surface area (Å²) in [6, 6.07) is 3.61. The molecule has 1 nitrogen and oxygen atoms in total. The highest BCUT2D eigenvalue weighted by atomic mass is 127. The fourth-order valence-electron chi connectivity index (χ4n) is 1.16. The summed E-state index contributed by atoms with van der Waals surface area (Å²) < 4.78 is 37.6. The first-order valence-corrected chi connectivity index (χ1v) is 6.28. The zero-order chi connectivity index (χ0) is 12.5. The lowest BCUT2D eigenvalue weighted by atomic mass is 10.1. The molecule has 0 fully saturated rings. The summed E-state index contributed by atoms with van der Waals surface area (Å²) in [6.07, 6.45) is -4.43. The Kier molecular flexibility index (Phi) is 4.39. The zero-order valence-electron chi connectivity index (χ0n) is 8.11. The number of carbonyl (C=O) groups excluding carboxylic acids is 1. The molecule has 6 heteroatoms. The molecular weight excluding hydrogens is 400 g/mol. The Morgan fingerprint density at radius 1 is 1.44 bits per heavy atom. The van der Waals surface area contributed by atoms with Crippen LogP contribution in [0, 0.1) is 3.57 Å². The van der Waals surface area contributed by atoms with Crippen LogP contribution in [0.3, 0.4) is 0 Å². The van der Waals surface area contributed by atoms with E-state index < -0.39 is 16.6 Å². The van der Waals surface area contributed by atoms with Crippen molar-refractivity contribution in [2.24, 2.45) is 0 Å². The minimum Gasteiger partial charge on any atom is -0.293 e. The topological polar surface area (TPSA) is 17.1 Å². The number of Topliss-reactive ketones (excluding diaryl/α,β-unsaturated/α-hetero) is 1. The Labute approximate surface area is 113 Å². The Morgan fingerprint density at radius 2 is 2.00 bits per heavy atom. The molecule has 0 N–H and O–H groups in total. The van der Waals surface area contributed by atoms with Gasteiger partial charge in [0.2, 0.25) is 0 Å². The number of hydrogen-bond acceptors (Lipinski definition) is 1. The molecule has 0 radical (unpaired) electrons. The van der Waals surface area contributed by atoms with Crippen molar-refractivity contribution in [3.05, 3.63) is 32.9 Å². The average molecular weight is 407 g/mol. The molecule has 1 unspecified atom stereocenters. The third kappa shape index (κ3) is 2.97. The first kappa shape index (κ1) is 14.0. The summed E-state index contributed by atoms with van der Waals surface area (Å²) in [5, 5.41) is 0. The normalized spacial score (nSPS) is 13.6. The van der Waals surface area contributed by atoms with Crippen LogP contribution in [-0.2, 0) is 6.18 Å². The van der Waals surface area contributed by atoms with Crippen LogP contribution in [0.2, 0.25) is 0 Å². The Hall–Kier alpha value is -0.110. The first-order chi connectivity index (χ1) is 7.25. The summed E-state index contributed by atoms with van der Waals surface area (Å²) >= 11 is 4.60. The molecule has 0 aliphatic rings.